The molecule has 0 fully saturated rings. The summed E-state index contributed by atoms with van der Waals surface area (Å²) in [5.41, 5.74) is 4.35. The minimum Gasteiger partial charge on any atom is -0.490 e. The number of rotatable bonds is 9. The minimum absolute atomic E-state index is 0.225. The van der Waals surface area contributed by atoms with Gasteiger partial charge in [0.25, 0.3) is 5.56 Å². The molecule has 9 heteroatoms. The third kappa shape index (κ3) is 6.12. The molecule has 5 rings (SSSR count). The summed E-state index contributed by atoms with van der Waals surface area (Å²) >= 11 is 4.92. The van der Waals surface area contributed by atoms with Crippen molar-refractivity contribution in [1.29, 1.82) is 0 Å². The first-order valence-electron chi connectivity index (χ1n) is 13.7. The number of thiazole rings is 1. The summed E-state index contributed by atoms with van der Waals surface area (Å²) < 4.78 is 20.2. The third-order valence-electron chi connectivity index (χ3n) is 6.77. The third-order valence-corrected chi connectivity index (χ3v) is 8.34. The second-order valence-corrected chi connectivity index (χ2v) is 11.6. The largest absolute Gasteiger partial charge is 0.490 e. The molecule has 3 aromatic carbocycles. The van der Waals surface area contributed by atoms with Gasteiger partial charge < -0.3 is 14.2 Å². The highest BCUT2D eigenvalue weighted by molar-refractivity contribution is 9.10. The first kappa shape index (κ1) is 29.5. The number of hydrogen-bond donors (Lipinski definition) is 0. The van der Waals surface area contributed by atoms with Crippen LogP contribution < -0.4 is 24.4 Å². The van der Waals surface area contributed by atoms with Crippen molar-refractivity contribution >= 4 is 39.3 Å². The number of benzene rings is 3. The van der Waals surface area contributed by atoms with E-state index in [2.05, 4.69) is 20.9 Å². The molecule has 0 unspecified atom stereocenters. The molecular formula is C33H31BrN2O5S. The standard InChI is InChI=1S/C33H31BrN2O5S/c1-5-39-26-17-23(16-25(34)30(26)41-19-22-10-8-7-9-11-22)18-27-31(37)36-29(24-14-12-20(3)13-15-24)28(32(38)40-6-2)21(4)35-33(36)42-27/h7-18,29H,5-6,19H2,1-4H3/b27-18-/t29-/m0/s1. The molecule has 1 aliphatic heterocycles. The zero-order chi connectivity index (χ0) is 29.8. The van der Waals surface area contributed by atoms with E-state index in [1.54, 1.807) is 18.4 Å². The minimum atomic E-state index is -0.650. The average Bonchev–Trinajstić information content (AvgIpc) is 3.27. The molecule has 0 saturated carbocycles. The van der Waals surface area contributed by atoms with Crippen molar-refractivity contribution in [1.82, 2.24) is 4.57 Å². The van der Waals surface area contributed by atoms with Gasteiger partial charge in [0, 0.05) is 0 Å². The van der Waals surface area contributed by atoms with Crippen LogP contribution in [-0.2, 0) is 16.1 Å². The number of aromatic nitrogens is 1. The van der Waals surface area contributed by atoms with E-state index in [0.717, 1.165) is 22.3 Å². The molecule has 0 radical (unpaired) electrons. The summed E-state index contributed by atoms with van der Waals surface area (Å²) in [6.45, 7) is 8.51. The Bertz CT molecular complexity index is 1830. The predicted octanol–water partition coefficient (Wildman–Crippen LogP) is 5.85. The van der Waals surface area contributed by atoms with Gasteiger partial charge >= 0.3 is 5.97 Å². The number of aryl methyl sites for hydroxylation is 1. The van der Waals surface area contributed by atoms with E-state index >= 15 is 0 Å². The lowest BCUT2D eigenvalue weighted by molar-refractivity contribution is -0.139. The highest BCUT2D eigenvalue weighted by atomic mass is 79.9. The maximum Gasteiger partial charge on any atom is 0.338 e. The van der Waals surface area contributed by atoms with Gasteiger partial charge in [-0.1, -0.05) is 71.5 Å². The second kappa shape index (κ2) is 12.9. The SMILES string of the molecule is CCOC(=O)C1=C(C)N=c2s/c(=C\c3cc(Br)c(OCc4ccccc4)c(OCC)c3)c(=O)n2[C@H]1c1ccc(C)cc1. The van der Waals surface area contributed by atoms with Crippen LogP contribution in [0.25, 0.3) is 6.08 Å². The van der Waals surface area contributed by atoms with Crippen LogP contribution in [0.1, 0.15) is 49.1 Å². The summed E-state index contributed by atoms with van der Waals surface area (Å²) in [4.78, 5) is 32.3. The molecule has 0 amide bonds. The van der Waals surface area contributed by atoms with Crippen LogP contribution in [0.5, 0.6) is 11.5 Å². The number of carbonyl (C=O) groups excluding carboxylic acids is 1. The van der Waals surface area contributed by atoms with Crippen molar-refractivity contribution in [3.63, 3.8) is 0 Å². The number of hydrogen-bond acceptors (Lipinski definition) is 7. The van der Waals surface area contributed by atoms with Crippen molar-refractivity contribution in [3.8, 4) is 11.5 Å². The fourth-order valence-electron chi connectivity index (χ4n) is 4.81. The number of allylic oxidation sites excluding steroid dienone is 1. The molecule has 4 aromatic rings. The molecule has 42 heavy (non-hydrogen) atoms. The predicted molar refractivity (Wildman–Crippen MR) is 168 cm³/mol. The van der Waals surface area contributed by atoms with Crippen LogP contribution >= 0.6 is 27.3 Å². The number of carbonyl (C=O) groups is 1. The molecule has 0 N–H and O–H groups in total. The van der Waals surface area contributed by atoms with Crippen LogP contribution in [0, 0.1) is 6.92 Å². The second-order valence-electron chi connectivity index (χ2n) is 9.75. The number of halogens is 1. The number of ether oxygens (including phenoxy) is 3. The van der Waals surface area contributed by atoms with Gasteiger partial charge in [0.05, 0.1) is 39.5 Å². The highest BCUT2D eigenvalue weighted by Crippen LogP contribution is 2.38. The summed E-state index contributed by atoms with van der Waals surface area (Å²) in [6.07, 6.45) is 1.81. The molecule has 0 aliphatic carbocycles. The topological polar surface area (TPSA) is 79.1 Å². The molecule has 216 valence electrons. The van der Waals surface area contributed by atoms with Crippen LogP contribution in [0.3, 0.4) is 0 Å². The van der Waals surface area contributed by atoms with E-state index < -0.39 is 12.0 Å². The van der Waals surface area contributed by atoms with E-state index in [9.17, 15) is 9.59 Å². The van der Waals surface area contributed by atoms with Crippen LogP contribution in [0.2, 0.25) is 0 Å². The first-order chi connectivity index (χ1) is 20.3. The van der Waals surface area contributed by atoms with Gasteiger partial charge in [-0.25, -0.2) is 9.79 Å². The average molecular weight is 648 g/mol. The maximum atomic E-state index is 14.0. The Labute approximate surface area is 256 Å². The van der Waals surface area contributed by atoms with E-state index in [0.29, 0.717) is 49.8 Å². The summed E-state index contributed by atoms with van der Waals surface area (Å²) in [5, 5.41) is 0. The highest BCUT2D eigenvalue weighted by Gasteiger charge is 2.33. The zero-order valence-corrected chi connectivity index (χ0v) is 26.3. The molecular weight excluding hydrogens is 616 g/mol. The molecule has 1 atom stereocenters. The molecule has 0 saturated heterocycles. The Morgan fingerprint density at radius 1 is 1.02 bits per heavy atom. The Balaban J connectivity index is 1.59. The molecule has 0 bridgehead atoms. The Hall–Kier alpha value is -3.95. The maximum absolute atomic E-state index is 14.0. The van der Waals surface area contributed by atoms with Gasteiger partial charge in [-0.3, -0.25) is 9.36 Å². The van der Waals surface area contributed by atoms with Gasteiger partial charge in [-0.2, -0.15) is 0 Å². The summed E-state index contributed by atoms with van der Waals surface area (Å²) in [7, 11) is 0. The first-order valence-corrected chi connectivity index (χ1v) is 15.3. The van der Waals surface area contributed by atoms with Crippen molar-refractivity contribution in [2.24, 2.45) is 4.99 Å². The van der Waals surface area contributed by atoms with Gasteiger partial charge in [0.1, 0.15) is 6.61 Å². The molecule has 1 aliphatic rings. The van der Waals surface area contributed by atoms with Crippen molar-refractivity contribution in [2.75, 3.05) is 13.2 Å². The molecule has 0 spiro atoms. The van der Waals surface area contributed by atoms with Crippen LogP contribution in [0.4, 0.5) is 0 Å². The van der Waals surface area contributed by atoms with E-state index in [-0.39, 0.29) is 12.2 Å². The lowest BCUT2D eigenvalue weighted by Crippen LogP contribution is -2.39. The number of nitrogens with zero attached hydrogens (tertiary/aromatic N) is 2. The molecule has 1 aromatic heterocycles. The van der Waals surface area contributed by atoms with Gasteiger partial charge in [-0.15, -0.1) is 0 Å². The number of esters is 1. The Morgan fingerprint density at radius 3 is 2.45 bits per heavy atom. The fraction of sp³-hybridized carbons (Fsp3) is 0.242. The molecule has 7 nitrogen and oxygen atoms in total. The molecule has 2 heterocycles. The van der Waals surface area contributed by atoms with Gasteiger partial charge in [-0.05, 0) is 78.5 Å². The smallest absolute Gasteiger partial charge is 0.338 e. The lowest BCUT2D eigenvalue weighted by atomic mass is 9.95. The lowest BCUT2D eigenvalue weighted by Gasteiger charge is -2.24. The van der Waals surface area contributed by atoms with Gasteiger partial charge in [0.2, 0.25) is 0 Å². The summed E-state index contributed by atoms with van der Waals surface area (Å²) in [6, 6.07) is 20.8. The van der Waals surface area contributed by atoms with E-state index in [1.807, 2.05) is 86.7 Å². The van der Waals surface area contributed by atoms with Gasteiger partial charge in [0.15, 0.2) is 16.3 Å². The quantitative estimate of drug-likeness (QED) is 0.213. The van der Waals surface area contributed by atoms with E-state index in [1.165, 1.54) is 11.3 Å². The normalized spacial score (nSPS) is 14.8. The van der Waals surface area contributed by atoms with E-state index in [4.69, 9.17) is 14.2 Å². The Morgan fingerprint density at radius 2 is 1.76 bits per heavy atom. The fourth-order valence-corrected chi connectivity index (χ4v) is 6.43. The van der Waals surface area contributed by atoms with Crippen molar-refractivity contribution in [3.05, 3.63) is 124 Å². The van der Waals surface area contributed by atoms with Crippen LogP contribution in [0.15, 0.2) is 92.3 Å². The van der Waals surface area contributed by atoms with Crippen molar-refractivity contribution < 1.29 is 19.0 Å². The zero-order valence-electron chi connectivity index (χ0n) is 23.8. The Kier molecular flexibility index (Phi) is 9.09. The summed E-state index contributed by atoms with van der Waals surface area (Å²) in [5.74, 6) is 0.683. The van der Waals surface area contributed by atoms with Crippen LogP contribution in [-0.4, -0.2) is 23.8 Å². The number of fused-ring (bicyclic) bond motifs is 1. The van der Waals surface area contributed by atoms with Crippen molar-refractivity contribution in [2.45, 2.75) is 40.3 Å². The monoisotopic (exact) mass is 646 g/mol.